The molecule has 7 nitrogen and oxygen atoms in total. The Morgan fingerprint density at radius 3 is 2.40 bits per heavy atom. The van der Waals surface area contributed by atoms with E-state index in [0.717, 1.165) is 56.2 Å². The van der Waals surface area contributed by atoms with Gasteiger partial charge in [-0.2, -0.15) is 12.1 Å². The minimum Gasteiger partial charge on any atom is -0.509 e. The Hall–Kier alpha value is -5.00. The first kappa shape index (κ1) is 33.5. The molecule has 5 heterocycles. The zero-order chi connectivity index (χ0) is 33.9. The predicted octanol–water partition coefficient (Wildman–Crippen LogP) is 10.5. The molecule has 4 aromatic heterocycles. The van der Waals surface area contributed by atoms with Crippen molar-refractivity contribution in [2.45, 2.75) is 52.9 Å². The zero-order valence-electron chi connectivity index (χ0n) is 28.9. The van der Waals surface area contributed by atoms with Gasteiger partial charge in [0.15, 0.2) is 0 Å². The molecule has 0 atom stereocenters. The molecule has 0 unspecified atom stereocenters. The molecule has 0 saturated carbocycles. The molecule has 0 spiro atoms. The van der Waals surface area contributed by atoms with Crippen molar-refractivity contribution in [3.8, 4) is 17.3 Å². The number of hydrogen-bond acceptors (Lipinski definition) is 6. The van der Waals surface area contributed by atoms with E-state index in [0.29, 0.717) is 17.4 Å². The Balaban J connectivity index is 0.00000392. The van der Waals surface area contributed by atoms with Crippen LogP contribution in [0.4, 0.5) is 23.0 Å². The largest absolute Gasteiger partial charge is 0.509 e. The van der Waals surface area contributed by atoms with Crippen LogP contribution >= 0.6 is 0 Å². The van der Waals surface area contributed by atoms with Crippen molar-refractivity contribution in [2.75, 3.05) is 9.80 Å². The van der Waals surface area contributed by atoms with Gasteiger partial charge in [-0.1, -0.05) is 64.4 Å². The van der Waals surface area contributed by atoms with Crippen LogP contribution in [0.25, 0.3) is 27.6 Å². The topological polar surface area (TPSA) is 59.3 Å². The van der Waals surface area contributed by atoms with Crippen LogP contribution in [0, 0.1) is 25.7 Å². The van der Waals surface area contributed by atoms with Crippen LogP contribution in [0.5, 0.6) is 11.5 Å². The average molecular weight is 837 g/mol. The molecule has 0 N–H and O–H groups in total. The predicted molar refractivity (Wildman–Crippen MR) is 197 cm³/mol. The Kier molecular flexibility index (Phi) is 8.73. The second-order valence-electron chi connectivity index (χ2n) is 13.9. The Labute approximate surface area is 307 Å². The van der Waals surface area contributed by atoms with Gasteiger partial charge in [0.1, 0.15) is 17.5 Å². The van der Waals surface area contributed by atoms with Gasteiger partial charge in [0, 0.05) is 56.7 Å². The maximum atomic E-state index is 6.49. The third-order valence-electron chi connectivity index (χ3n) is 9.00. The van der Waals surface area contributed by atoms with Crippen LogP contribution in [-0.4, -0.2) is 19.5 Å². The van der Waals surface area contributed by atoms with Gasteiger partial charge in [0.25, 0.3) is 0 Å². The van der Waals surface area contributed by atoms with Crippen LogP contribution in [-0.2, 0) is 26.5 Å². The summed E-state index contributed by atoms with van der Waals surface area (Å²) in [4.78, 5) is 18.6. The second-order valence-corrected chi connectivity index (χ2v) is 13.9. The molecule has 0 fully saturated rings. The van der Waals surface area contributed by atoms with E-state index in [1.54, 1.807) is 0 Å². The maximum Gasteiger partial charge on any atom is 0.135 e. The summed E-state index contributed by atoms with van der Waals surface area (Å²) in [5, 5.41) is 2.23. The number of hydrogen-bond donors (Lipinski definition) is 0. The first-order valence-electron chi connectivity index (χ1n) is 16.6. The van der Waals surface area contributed by atoms with Gasteiger partial charge < -0.3 is 19.1 Å². The molecule has 1 aliphatic rings. The molecule has 3 aromatic carbocycles. The standard InChI is InChI=1S/C42H37N6O.Pt/c1-27(2)35-21-28(3)25-45-40(35)47-26-46(37-15-10-19-44-41(37)47)30-11-9-12-31(23-30)49-32-16-17-34-33-13-7-8-14-36(33)48(38(34)24-32)39-22-29(18-20-43-39)42(4,5)6;/h7-22,25-27H,1-6H3;/q-3;. The van der Waals surface area contributed by atoms with E-state index in [1.807, 2.05) is 55.6 Å². The van der Waals surface area contributed by atoms with Gasteiger partial charge in [-0.3, -0.25) is 0 Å². The van der Waals surface area contributed by atoms with E-state index in [4.69, 9.17) is 19.7 Å². The maximum absolute atomic E-state index is 6.49. The molecule has 1 aliphatic heterocycles. The van der Waals surface area contributed by atoms with Gasteiger partial charge in [-0.25, -0.2) is 15.0 Å². The molecule has 0 saturated heterocycles. The number of para-hydroxylation sites is 1. The van der Waals surface area contributed by atoms with Crippen LogP contribution in [0.1, 0.15) is 57.2 Å². The van der Waals surface area contributed by atoms with Crippen molar-refractivity contribution in [1.29, 1.82) is 0 Å². The van der Waals surface area contributed by atoms with Gasteiger partial charge in [0.2, 0.25) is 0 Å². The summed E-state index contributed by atoms with van der Waals surface area (Å²) in [6.07, 6.45) is 5.61. The number of aryl methyl sites for hydroxylation is 1. The number of aromatic nitrogens is 4. The molecule has 50 heavy (non-hydrogen) atoms. The van der Waals surface area contributed by atoms with E-state index >= 15 is 0 Å². The van der Waals surface area contributed by atoms with Crippen molar-refractivity contribution in [2.24, 2.45) is 0 Å². The summed E-state index contributed by atoms with van der Waals surface area (Å²) >= 11 is 0. The summed E-state index contributed by atoms with van der Waals surface area (Å²) in [5.41, 5.74) is 7.25. The van der Waals surface area contributed by atoms with Crippen molar-refractivity contribution in [1.82, 2.24) is 19.5 Å². The second kappa shape index (κ2) is 13.0. The van der Waals surface area contributed by atoms with Crippen LogP contribution < -0.4 is 14.5 Å². The van der Waals surface area contributed by atoms with Gasteiger partial charge in [0.05, 0.1) is 5.69 Å². The first-order chi connectivity index (χ1) is 23.7. The quantitative estimate of drug-likeness (QED) is 0.156. The van der Waals surface area contributed by atoms with Gasteiger partial charge >= 0.3 is 0 Å². The van der Waals surface area contributed by atoms with Crippen molar-refractivity contribution >= 4 is 44.8 Å². The zero-order valence-corrected chi connectivity index (χ0v) is 31.1. The molecular formula is C42H37N6OPt-3. The molecule has 8 heteroatoms. The molecule has 0 amide bonds. The van der Waals surface area contributed by atoms with E-state index in [9.17, 15) is 0 Å². The number of rotatable bonds is 6. The summed E-state index contributed by atoms with van der Waals surface area (Å²) in [5.74, 6) is 4.01. The third-order valence-corrected chi connectivity index (χ3v) is 9.00. The van der Waals surface area contributed by atoms with Gasteiger partial charge in [-0.05, 0) is 70.7 Å². The molecule has 0 bridgehead atoms. The number of nitrogens with zero attached hydrogens (tertiary/aromatic N) is 6. The molecule has 254 valence electrons. The summed E-state index contributed by atoms with van der Waals surface area (Å²) in [7, 11) is 0. The number of pyridine rings is 3. The molecule has 7 aromatic rings. The monoisotopic (exact) mass is 836 g/mol. The SMILES string of the molecule is Cc1cnc(N2[CH-]N(c3[c-]c(Oc4[c-]c5c(cc4)c4ccccc4n5-c4cc(C(C)(C)C)ccn4)ccc3)c3cccnc32)c(C(C)C)c1.[Pt]. The third kappa shape index (κ3) is 5.94. The van der Waals surface area contributed by atoms with Crippen LogP contribution in [0.15, 0.2) is 104 Å². The fourth-order valence-electron chi connectivity index (χ4n) is 6.49. The number of benzene rings is 3. The number of ether oxygens (including phenoxy) is 1. The molecule has 0 aliphatic carbocycles. The van der Waals surface area contributed by atoms with E-state index < -0.39 is 0 Å². The van der Waals surface area contributed by atoms with Crippen LogP contribution in [0.2, 0.25) is 0 Å². The van der Waals surface area contributed by atoms with E-state index in [-0.39, 0.29) is 26.5 Å². The Morgan fingerprint density at radius 1 is 0.760 bits per heavy atom. The van der Waals surface area contributed by atoms with E-state index in [2.05, 4.69) is 123 Å². The van der Waals surface area contributed by atoms with Crippen molar-refractivity contribution in [3.05, 3.63) is 139 Å². The smallest absolute Gasteiger partial charge is 0.135 e. The fraction of sp³-hybridized carbons (Fsp3) is 0.190. The first-order valence-corrected chi connectivity index (χ1v) is 16.6. The molecular weight excluding hydrogens is 800 g/mol. The summed E-state index contributed by atoms with van der Waals surface area (Å²) in [6, 6.07) is 35.9. The van der Waals surface area contributed by atoms with E-state index in [1.165, 1.54) is 11.1 Å². The summed E-state index contributed by atoms with van der Waals surface area (Å²) in [6.45, 7) is 15.1. The fourth-order valence-corrected chi connectivity index (χ4v) is 6.49. The summed E-state index contributed by atoms with van der Waals surface area (Å²) < 4.78 is 8.66. The Bertz CT molecular complexity index is 2360. The minimum absolute atomic E-state index is 0. The Morgan fingerprint density at radius 2 is 1.58 bits per heavy atom. The average Bonchev–Trinajstić information content (AvgIpc) is 3.64. The van der Waals surface area contributed by atoms with Gasteiger partial charge in [-0.15, -0.1) is 48.1 Å². The minimum atomic E-state index is -0.0109. The van der Waals surface area contributed by atoms with Crippen LogP contribution in [0.3, 0.4) is 0 Å². The number of anilines is 4. The normalized spacial score (nSPS) is 12.9. The molecule has 8 rings (SSSR count). The molecule has 0 radical (unpaired) electrons. The number of fused-ring (bicyclic) bond motifs is 4. The van der Waals surface area contributed by atoms with Crippen molar-refractivity contribution < 1.29 is 25.8 Å². The van der Waals surface area contributed by atoms with Crippen molar-refractivity contribution in [3.63, 3.8) is 0 Å².